The fraction of sp³-hybridized carbons (Fsp3) is 0.316. The van der Waals surface area contributed by atoms with Gasteiger partial charge in [0, 0.05) is 31.8 Å². The topological polar surface area (TPSA) is 38.4 Å². The van der Waals surface area contributed by atoms with Crippen molar-refractivity contribution in [2.24, 2.45) is 0 Å². The van der Waals surface area contributed by atoms with Crippen molar-refractivity contribution in [3.8, 4) is 0 Å². The van der Waals surface area contributed by atoms with Gasteiger partial charge in [0.25, 0.3) is 5.91 Å². The molecule has 0 spiro atoms. The number of hydrogen-bond acceptors (Lipinski definition) is 2. The number of benzene rings is 1. The Bertz CT molecular complexity index is 808. The quantitative estimate of drug-likeness (QED) is 0.712. The second-order valence-electron chi connectivity index (χ2n) is 5.75. The van der Waals surface area contributed by atoms with Gasteiger partial charge in [-0.25, -0.2) is 0 Å². The van der Waals surface area contributed by atoms with E-state index >= 15 is 0 Å². The lowest BCUT2D eigenvalue weighted by atomic mass is 10.1. The Morgan fingerprint density at radius 2 is 1.83 bits per heavy atom. The summed E-state index contributed by atoms with van der Waals surface area (Å²) in [5.74, 6) is 0.0495. The molecule has 1 amide bonds. The first-order valence-corrected chi connectivity index (χ1v) is 8.05. The molecule has 1 aromatic carbocycles. The zero-order valence-corrected chi connectivity index (χ0v) is 13.9. The summed E-state index contributed by atoms with van der Waals surface area (Å²) in [4.78, 5) is 14.6. The lowest BCUT2D eigenvalue weighted by Crippen LogP contribution is -2.32. The summed E-state index contributed by atoms with van der Waals surface area (Å²) < 4.78 is 7.55. The molecule has 0 unspecified atom stereocenters. The highest BCUT2D eigenvalue weighted by molar-refractivity contribution is 5.97. The summed E-state index contributed by atoms with van der Waals surface area (Å²) in [6.07, 6.45) is 1.67. The van der Waals surface area contributed by atoms with Crippen LogP contribution in [0.4, 0.5) is 0 Å². The molecule has 3 rings (SSSR count). The lowest BCUT2D eigenvalue weighted by Gasteiger charge is -2.20. The van der Waals surface area contributed by atoms with Crippen molar-refractivity contribution in [2.75, 3.05) is 13.1 Å². The largest absolute Gasteiger partial charge is 0.463 e. The molecule has 2 heterocycles. The van der Waals surface area contributed by atoms with Gasteiger partial charge in [-0.3, -0.25) is 4.79 Å². The molecule has 0 fully saturated rings. The normalized spacial score (nSPS) is 11.1. The van der Waals surface area contributed by atoms with Gasteiger partial charge in [-0.2, -0.15) is 0 Å². The minimum atomic E-state index is 0.0495. The SMILES string of the molecule is CCN(CC)C(=O)c1cc2occc2n1Cc1ccc(C)cc1. The Morgan fingerprint density at radius 1 is 1.13 bits per heavy atom. The summed E-state index contributed by atoms with van der Waals surface area (Å²) in [6, 6.07) is 12.2. The summed E-state index contributed by atoms with van der Waals surface area (Å²) in [5, 5.41) is 0. The maximum Gasteiger partial charge on any atom is 0.270 e. The molecule has 0 aliphatic heterocycles. The van der Waals surface area contributed by atoms with E-state index in [2.05, 4.69) is 31.2 Å². The molecule has 0 saturated carbocycles. The Morgan fingerprint density at radius 3 is 2.48 bits per heavy atom. The van der Waals surface area contributed by atoms with Crippen molar-refractivity contribution < 1.29 is 9.21 Å². The highest BCUT2D eigenvalue weighted by atomic mass is 16.3. The molecule has 2 aromatic heterocycles. The van der Waals surface area contributed by atoms with Crippen molar-refractivity contribution in [3.63, 3.8) is 0 Å². The van der Waals surface area contributed by atoms with Gasteiger partial charge in [0.1, 0.15) is 5.69 Å². The van der Waals surface area contributed by atoms with Gasteiger partial charge in [0.15, 0.2) is 5.58 Å². The van der Waals surface area contributed by atoms with E-state index < -0.39 is 0 Å². The number of furan rings is 1. The minimum Gasteiger partial charge on any atom is -0.463 e. The predicted molar refractivity (Wildman–Crippen MR) is 91.7 cm³/mol. The van der Waals surface area contributed by atoms with Crippen LogP contribution in [-0.4, -0.2) is 28.5 Å². The second kappa shape index (κ2) is 6.32. The average molecular weight is 310 g/mol. The monoisotopic (exact) mass is 310 g/mol. The van der Waals surface area contributed by atoms with E-state index in [-0.39, 0.29) is 5.91 Å². The van der Waals surface area contributed by atoms with Crippen LogP contribution in [0.15, 0.2) is 47.1 Å². The van der Waals surface area contributed by atoms with E-state index in [0.717, 1.165) is 11.1 Å². The van der Waals surface area contributed by atoms with Gasteiger partial charge in [-0.1, -0.05) is 29.8 Å². The molecule has 0 radical (unpaired) electrons. The van der Waals surface area contributed by atoms with Gasteiger partial charge in [0.2, 0.25) is 0 Å². The van der Waals surface area contributed by atoms with E-state index in [4.69, 9.17) is 4.42 Å². The van der Waals surface area contributed by atoms with E-state index in [0.29, 0.717) is 25.3 Å². The maximum atomic E-state index is 12.8. The van der Waals surface area contributed by atoms with Crippen LogP contribution in [0.5, 0.6) is 0 Å². The van der Waals surface area contributed by atoms with E-state index in [9.17, 15) is 4.79 Å². The first-order chi connectivity index (χ1) is 11.1. The summed E-state index contributed by atoms with van der Waals surface area (Å²) in [6.45, 7) is 8.13. The molecule has 0 saturated heterocycles. The Balaban J connectivity index is 2.03. The average Bonchev–Trinajstić information content (AvgIpc) is 3.13. The van der Waals surface area contributed by atoms with Crippen LogP contribution in [0.1, 0.15) is 35.5 Å². The molecule has 0 aliphatic carbocycles. The van der Waals surface area contributed by atoms with Gasteiger partial charge < -0.3 is 13.9 Å². The first kappa shape index (κ1) is 15.4. The highest BCUT2D eigenvalue weighted by Crippen LogP contribution is 2.23. The number of carbonyl (C=O) groups excluding carboxylic acids is 1. The molecule has 120 valence electrons. The Labute approximate surface area is 136 Å². The highest BCUT2D eigenvalue weighted by Gasteiger charge is 2.21. The molecular formula is C19H22N2O2. The molecule has 0 N–H and O–H groups in total. The second-order valence-corrected chi connectivity index (χ2v) is 5.75. The number of nitrogens with zero attached hydrogens (tertiary/aromatic N) is 2. The zero-order valence-electron chi connectivity index (χ0n) is 13.9. The van der Waals surface area contributed by atoms with Gasteiger partial charge >= 0.3 is 0 Å². The number of hydrogen-bond donors (Lipinski definition) is 0. The van der Waals surface area contributed by atoms with Crippen molar-refractivity contribution >= 4 is 17.0 Å². The van der Waals surface area contributed by atoms with Crippen LogP contribution in [0.25, 0.3) is 11.1 Å². The van der Waals surface area contributed by atoms with Crippen molar-refractivity contribution in [1.82, 2.24) is 9.47 Å². The Hall–Kier alpha value is -2.49. The molecular weight excluding hydrogens is 288 g/mol. The van der Waals surface area contributed by atoms with E-state index in [1.54, 1.807) is 6.26 Å². The summed E-state index contributed by atoms with van der Waals surface area (Å²) in [5.41, 5.74) is 4.80. The van der Waals surface area contributed by atoms with E-state index in [1.165, 1.54) is 11.1 Å². The maximum absolute atomic E-state index is 12.8. The fourth-order valence-corrected chi connectivity index (χ4v) is 2.87. The predicted octanol–water partition coefficient (Wildman–Crippen LogP) is 4.07. The molecule has 0 atom stereocenters. The molecule has 0 aliphatic rings. The van der Waals surface area contributed by atoms with Gasteiger partial charge in [0.05, 0.1) is 11.8 Å². The number of aryl methyl sites for hydroxylation is 1. The third-order valence-corrected chi connectivity index (χ3v) is 4.25. The van der Waals surface area contributed by atoms with Crippen LogP contribution in [-0.2, 0) is 6.54 Å². The van der Waals surface area contributed by atoms with Gasteiger partial charge in [-0.05, 0) is 26.3 Å². The van der Waals surface area contributed by atoms with Crippen LogP contribution in [0.2, 0.25) is 0 Å². The van der Waals surface area contributed by atoms with Crippen LogP contribution in [0, 0.1) is 6.92 Å². The number of rotatable bonds is 5. The lowest BCUT2D eigenvalue weighted by molar-refractivity contribution is 0.0763. The number of aromatic nitrogens is 1. The van der Waals surface area contributed by atoms with Crippen LogP contribution >= 0.6 is 0 Å². The third kappa shape index (κ3) is 2.89. The molecule has 4 heteroatoms. The van der Waals surface area contributed by atoms with Crippen molar-refractivity contribution in [1.29, 1.82) is 0 Å². The summed E-state index contributed by atoms with van der Waals surface area (Å²) in [7, 11) is 0. The number of carbonyl (C=O) groups is 1. The molecule has 0 bridgehead atoms. The standard InChI is InChI=1S/C19H22N2O2/c1-4-20(5-2)19(22)17-12-18-16(10-11-23-18)21(17)13-15-8-6-14(3)7-9-15/h6-12H,4-5,13H2,1-3H3. The van der Waals surface area contributed by atoms with Crippen LogP contribution in [0.3, 0.4) is 0 Å². The van der Waals surface area contributed by atoms with Crippen LogP contribution < -0.4 is 0 Å². The Kier molecular flexibility index (Phi) is 4.24. The number of fused-ring (bicyclic) bond motifs is 1. The van der Waals surface area contributed by atoms with E-state index in [1.807, 2.05) is 35.4 Å². The van der Waals surface area contributed by atoms with Crippen molar-refractivity contribution in [2.45, 2.75) is 27.3 Å². The smallest absolute Gasteiger partial charge is 0.270 e. The molecule has 23 heavy (non-hydrogen) atoms. The zero-order chi connectivity index (χ0) is 16.4. The number of amides is 1. The molecule has 3 aromatic rings. The fourth-order valence-electron chi connectivity index (χ4n) is 2.87. The summed E-state index contributed by atoms with van der Waals surface area (Å²) >= 11 is 0. The minimum absolute atomic E-state index is 0.0495. The third-order valence-electron chi connectivity index (χ3n) is 4.25. The molecule has 4 nitrogen and oxygen atoms in total. The first-order valence-electron chi connectivity index (χ1n) is 8.05. The van der Waals surface area contributed by atoms with Gasteiger partial charge in [-0.15, -0.1) is 0 Å². The van der Waals surface area contributed by atoms with Crippen molar-refractivity contribution in [3.05, 3.63) is 59.5 Å².